The van der Waals surface area contributed by atoms with E-state index in [-0.39, 0.29) is 5.91 Å². The second-order valence-electron chi connectivity index (χ2n) is 7.71. The number of aliphatic imine (C=N–C) groups is 1. The van der Waals surface area contributed by atoms with E-state index in [0.29, 0.717) is 5.17 Å². The third-order valence-corrected chi connectivity index (χ3v) is 7.83. The highest BCUT2D eigenvalue weighted by atomic mass is 32.2. The first kappa shape index (κ1) is 20.9. The molecular weight excluding hydrogens is 434 g/mol. The molecule has 3 aromatic rings. The zero-order valence-corrected chi connectivity index (χ0v) is 19.8. The van der Waals surface area contributed by atoms with E-state index in [2.05, 4.69) is 24.0 Å². The minimum Gasteiger partial charge on any atom is -0.334 e. The highest BCUT2D eigenvalue weighted by molar-refractivity contribution is 8.20. The Morgan fingerprint density at radius 2 is 1.69 bits per heavy atom. The summed E-state index contributed by atoms with van der Waals surface area (Å²) < 4.78 is 0. The Bertz CT molecular complexity index is 1280. The van der Waals surface area contributed by atoms with Gasteiger partial charge >= 0.3 is 0 Å². The minimum absolute atomic E-state index is 0.0262. The Labute approximate surface area is 197 Å². The Kier molecular flexibility index (Phi) is 5.57. The number of aryl methyl sites for hydroxylation is 2. The van der Waals surface area contributed by atoms with Gasteiger partial charge in [0.15, 0.2) is 5.17 Å². The summed E-state index contributed by atoms with van der Waals surface area (Å²) >= 11 is 3.13. The van der Waals surface area contributed by atoms with Crippen molar-refractivity contribution in [2.75, 3.05) is 16.3 Å². The number of nitrogens with zero attached hydrogens (tertiary/aromatic N) is 3. The molecule has 160 valence electrons. The standard InChI is InChI=1S/C26H23N3OS2/c1-4-28-21-14-7-8-15-22(21)31-25(28)23-24(30)29(19-12-9-10-17(2)16-19)26(32-23)27-20-13-6-5-11-18(20)3/h5-16H,4H2,1-3H3. The number of benzene rings is 3. The number of para-hydroxylation sites is 2. The maximum atomic E-state index is 13.8. The lowest BCUT2D eigenvalue weighted by atomic mass is 10.2. The summed E-state index contributed by atoms with van der Waals surface area (Å²) in [6, 6.07) is 24.4. The van der Waals surface area contributed by atoms with Crippen LogP contribution < -0.4 is 9.80 Å². The quantitative estimate of drug-likeness (QED) is 0.402. The van der Waals surface area contributed by atoms with Crippen LogP contribution in [0.5, 0.6) is 0 Å². The van der Waals surface area contributed by atoms with Crippen LogP contribution in [0.25, 0.3) is 0 Å². The summed E-state index contributed by atoms with van der Waals surface area (Å²) in [5.74, 6) is -0.0262. The van der Waals surface area contributed by atoms with Gasteiger partial charge in [-0.1, -0.05) is 54.2 Å². The maximum Gasteiger partial charge on any atom is 0.274 e. The lowest BCUT2D eigenvalue weighted by molar-refractivity contribution is -0.113. The monoisotopic (exact) mass is 457 g/mol. The largest absolute Gasteiger partial charge is 0.334 e. The van der Waals surface area contributed by atoms with Crippen LogP contribution in [0.3, 0.4) is 0 Å². The average molecular weight is 458 g/mol. The molecule has 1 saturated heterocycles. The van der Waals surface area contributed by atoms with E-state index in [1.54, 1.807) is 16.7 Å². The molecular formula is C26H23N3OS2. The first-order valence-electron chi connectivity index (χ1n) is 10.6. The summed E-state index contributed by atoms with van der Waals surface area (Å²) in [5.41, 5.74) is 5.06. The maximum absolute atomic E-state index is 13.8. The molecule has 0 aromatic heterocycles. The number of amides is 1. The van der Waals surface area contributed by atoms with Crippen molar-refractivity contribution in [3.05, 3.63) is 93.9 Å². The molecule has 32 heavy (non-hydrogen) atoms. The molecule has 0 aliphatic carbocycles. The van der Waals surface area contributed by atoms with Crippen molar-refractivity contribution in [1.29, 1.82) is 0 Å². The SMILES string of the molecule is CCN1C(=C2SC(=Nc3ccccc3C)N(c3cccc(C)c3)C2=O)Sc2ccccc21. The summed E-state index contributed by atoms with van der Waals surface area (Å²) in [6.07, 6.45) is 0. The van der Waals surface area contributed by atoms with Crippen molar-refractivity contribution >= 4 is 51.7 Å². The average Bonchev–Trinajstić information content (AvgIpc) is 3.32. The second-order valence-corrected chi connectivity index (χ2v) is 9.72. The number of carbonyl (C=O) groups is 1. The van der Waals surface area contributed by atoms with Crippen LogP contribution in [0, 0.1) is 13.8 Å². The van der Waals surface area contributed by atoms with E-state index in [4.69, 9.17) is 4.99 Å². The molecule has 0 saturated carbocycles. The van der Waals surface area contributed by atoms with E-state index in [0.717, 1.165) is 44.7 Å². The smallest absolute Gasteiger partial charge is 0.274 e. The van der Waals surface area contributed by atoms with Crippen LogP contribution in [-0.2, 0) is 4.79 Å². The van der Waals surface area contributed by atoms with Crippen molar-refractivity contribution < 1.29 is 4.79 Å². The molecule has 0 unspecified atom stereocenters. The molecule has 6 heteroatoms. The van der Waals surface area contributed by atoms with Gasteiger partial charge < -0.3 is 4.90 Å². The molecule has 5 rings (SSSR count). The molecule has 4 nitrogen and oxygen atoms in total. The molecule has 2 aliphatic heterocycles. The van der Waals surface area contributed by atoms with Crippen molar-refractivity contribution in [2.24, 2.45) is 4.99 Å². The number of amidine groups is 1. The predicted octanol–water partition coefficient (Wildman–Crippen LogP) is 6.87. The van der Waals surface area contributed by atoms with Crippen LogP contribution in [0.1, 0.15) is 18.1 Å². The number of thioether (sulfide) groups is 2. The minimum atomic E-state index is -0.0262. The third-order valence-electron chi connectivity index (χ3n) is 5.49. The van der Waals surface area contributed by atoms with Crippen LogP contribution >= 0.6 is 23.5 Å². The molecule has 0 radical (unpaired) electrons. The fourth-order valence-electron chi connectivity index (χ4n) is 3.88. The number of rotatable bonds is 3. The lowest BCUT2D eigenvalue weighted by Crippen LogP contribution is -2.29. The molecule has 1 fully saturated rings. The molecule has 0 bridgehead atoms. The Morgan fingerprint density at radius 3 is 2.47 bits per heavy atom. The zero-order valence-electron chi connectivity index (χ0n) is 18.2. The molecule has 3 aromatic carbocycles. The normalized spacial score (nSPS) is 19.2. The fourth-order valence-corrected chi connectivity index (χ4v) is 6.27. The molecule has 2 aliphatic rings. The van der Waals surface area contributed by atoms with Gasteiger partial charge in [0.05, 0.1) is 17.1 Å². The fraction of sp³-hybridized carbons (Fsp3) is 0.154. The highest BCUT2D eigenvalue weighted by Crippen LogP contribution is 2.51. The van der Waals surface area contributed by atoms with Crippen LogP contribution in [0.2, 0.25) is 0 Å². The Hall–Kier alpha value is -2.96. The van der Waals surface area contributed by atoms with E-state index in [1.165, 1.54) is 16.7 Å². The van der Waals surface area contributed by atoms with Gasteiger partial charge in [0.1, 0.15) is 9.93 Å². The molecule has 0 atom stereocenters. The van der Waals surface area contributed by atoms with Gasteiger partial charge in [0, 0.05) is 11.4 Å². The lowest BCUT2D eigenvalue weighted by Gasteiger charge is -2.19. The zero-order chi connectivity index (χ0) is 22.2. The first-order chi connectivity index (χ1) is 15.6. The number of fused-ring (bicyclic) bond motifs is 1. The number of hydrogen-bond donors (Lipinski definition) is 0. The van der Waals surface area contributed by atoms with E-state index < -0.39 is 0 Å². The summed E-state index contributed by atoms with van der Waals surface area (Å²) in [4.78, 5) is 24.7. The van der Waals surface area contributed by atoms with Gasteiger partial charge in [-0.05, 0) is 74.0 Å². The molecule has 1 amide bonds. The van der Waals surface area contributed by atoms with Gasteiger partial charge in [-0.15, -0.1) is 0 Å². The predicted molar refractivity (Wildman–Crippen MR) is 137 cm³/mol. The summed E-state index contributed by atoms with van der Waals surface area (Å²) in [7, 11) is 0. The number of anilines is 2. The van der Waals surface area contributed by atoms with Crippen molar-refractivity contribution in [2.45, 2.75) is 25.7 Å². The van der Waals surface area contributed by atoms with Crippen molar-refractivity contribution in [3.63, 3.8) is 0 Å². The van der Waals surface area contributed by atoms with Crippen LogP contribution in [0.4, 0.5) is 17.1 Å². The summed E-state index contributed by atoms with van der Waals surface area (Å²) in [5, 5.41) is 1.67. The van der Waals surface area contributed by atoms with Crippen molar-refractivity contribution in [3.8, 4) is 0 Å². The molecule has 2 heterocycles. The molecule has 0 N–H and O–H groups in total. The highest BCUT2D eigenvalue weighted by Gasteiger charge is 2.40. The van der Waals surface area contributed by atoms with E-state index in [1.807, 2.05) is 74.5 Å². The first-order valence-corrected chi connectivity index (χ1v) is 12.2. The van der Waals surface area contributed by atoms with Gasteiger partial charge in [0.25, 0.3) is 5.91 Å². The molecule has 0 spiro atoms. The van der Waals surface area contributed by atoms with Gasteiger partial charge in [-0.25, -0.2) is 4.99 Å². The summed E-state index contributed by atoms with van der Waals surface area (Å²) in [6.45, 7) is 7.00. The van der Waals surface area contributed by atoms with Gasteiger partial charge in [-0.3, -0.25) is 9.69 Å². The van der Waals surface area contributed by atoms with Crippen LogP contribution in [-0.4, -0.2) is 17.6 Å². The third kappa shape index (κ3) is 3.63. The van der Waals surface area contributed by atoms with Crippen LogP contribution in [0.15, 0.2) is 92.6 Å². The topological polar surface area (TPSA) is 35.9 Å². The second kappa shape index (κ2) is 8.52. The Balaban J connectivity index is 1.65. The number of carbonyl (C=O) groups excluding carboxylic acids is 1. The van der Waals surface area contributed by atoms with Gasteiger partial charge in [0.2, 0.25) is 0 Å². The van der Waals surface area contributed by atoms with E-state index in [9.17, 15) is 4.79 Å². The van der Waals surface area contributed by atoms with Gasteiger partial charge in [-0.2, -0.15) is 0 Å². The Morgan fingerprint density at radius 1 is 0.906 bits per heavy atom. The van der Waals surface area contributed by atoms with E-state index >= 15 is 0 Å². The van der Waals surface area contributed by atoms with Crippen molar-refractivity contribution in [1.82, 2.24) is 0 Å². The number of hydrogen-bond acceptors (Lipinski definition) is 5.